The SMILES string of the molecule is Cc1cc(-c2nnc(CSc3nnc(-c4ccc(Cl)cc4)n3C)o2)c(C)o1. The molecule has 0 spiro atoms. The van der Waals surface area contributed by atoms with Gasteiger partial charge in [-0.1, -0.05) is 23.4 Å². The first kappa shape index (κ1) is 17.8. The molecule has 0 unspecified atom stereocenters. The minimum absolute atomic E-state index is 0.458. The number of furan rings is 1. The Morgan fingerprint density at radius 3 is 2.52 bits per heavy atom. The van der Waals surface area contributed by atoms with Crippen LogP contribution in [0, 0.1) is 13.8 Å². The largest absolute Gasteiger partial charge is 0.466 e. The van der Waals surface area contributed by atoms with Crippen LogP contribution in [-0.2, 0) is 12.8 Å². The standard InChI is InChI=1S/C18H16ClN5O2S/c1-10-8-14(11(2)25-10)17-22-20-15(26-17)9-27-18-23-21-16(24(18)3)12-4-6-13(19)7-5-12/h4-8H,9H2,1-3H3. The van der Waals surface area contributed by atoms with E-state index in [0.717, 1.165) is 33.6 Å². The number of hydrogen-bond acceptors (Lipinski definition) is 7. The predicted molar refractivity (Wildman–Crippen MR) is 102 cm³/mol. The normalized spacial score (nSPS) is 11.3. The van der Waals surface area contributed by atoms with Gasteiger partial charge in [0.05, 0.1) is 11.3 Å². The van der Waals surface area contributed by atoms with Gasteiger partial charge in [0.1, 0.15) is 11.5 Å². The summed E-state index contributed by atoms with van der Waals surface area (Å²) in [5.41, 5.74) is 1.77. The lowest BCUT2D eigenvalue weighted by molar-refractivity contribution is 0.499. The smallest absolute Gasteiger partial charge is 0.251 e. The third-order valence-electron chi connectivity index (χ3n) is 4.00. The van der Waals surface area contributed by atoms with Crippen LogP contribution in [0.15, 0.2) is 44.3 Å². The summed E-state index contributed by atoms with van der Waals surface area (Å²) >= 11 is 7.42. The minimum atomic E-state index is 0.458. The zero-order valence-corrected chi connectivity index (χ0v) is 16.5. The van der Waals surface area contributed by atoms with Gasteiger partial charge in [-0.3, -0.25) is 0 Å². The van der Waals surface area contributed by atoms with Crippen molar-refractivity contribution in [3.05, 3.63) is 52.8 Å². The van der Waals surface area contributed by atoms with E-state index >= 15 is 0 Å². The predicted octanol–water partition coefficient (Wildman–Crippen LogP) is 4.69. The number of aromatic nitrogens is 5. The number of aryl methyl sites for hydroxylation is 2. The lowest BCUT2D eigenvalue weighted by Gasteiger charge is -2.03. The Kier molecular flexibility index (Phi) is 4.75. The van der Waals surface area contributed by atoms with Crippen LogP contribution in [0.5, 0.6) is 0 Å². The number of benzene rings is 1. The number of hydrogen-bond donors (Lipinski definition) is 0. The zero-order chi connectivity index (χ0) is 19.0. The Morgan fingerprint density at radius 2 is 1.81 bits per heavy atom. The Morgan fingerprint density at radius 1 is 1.04 bits per heavy atom. The third-order valence-corrected chi connectivity index (χ3v) is 5.26. The molecule has 0 aliphatic carbocycles. The van der Waals surface area contributed by atoms with Gasteiger partial charge in [-0.2, -0.15) is 0 Å². The maximum absolute atomic E-state index is 5.94. The van der Waals surface area contributed by atoms with Crippen molar-refractivity contribution in [3.8, 4) is 22.8 Å². The average molecular weight is 402 g/mol. The molecule has 1 aromatic carbocycles. The summed E-state index contributed by atoms with van der Waals surface area (Å²) in [5.74, 6) is 3.81. The van der Waals surface area contributed by atoms with Crippen molar-refractivity contribution < 1.29 is 8.83 Å². The molecule has 3 aromatic heterocycles. The van der Waals surface area contributed by atoms with E-state index in [4.69, 9.17) is 20.4 Å². The summed E-state index contributed by atoms with van der Waals surface area (Å²) < 4.78 is 13.2. The molecule has 0 fully saturated rings. The molecule has 0 atom stereocenters. The molecule has 0 saturated heterocycles. The van der Waals surface area contributed by atoms with Gasteiger partial charge in [-0.15, -0.1) is 20.4 Å². The van der Waals surface area contributed by atoms with E-state index in [1.54, 1.807) is 0 Å². The number of rotatable bonds is 5. The van der Waals surface area contributed by atoms with Crippen LogP contribution in [0.3, 0.4) is 0 Å². The van der Waals surface area contributed by atoms with E-state index < -0.39 is 0 Å². The van der Waals surface area contributed by atoms with E-state index in [0.29, 0.717) is 22.6 Å². The summed E-state index contributed by atoms with van der Waals surface area (Å²) in [6, 6.07) is 9.39. The van der Waals surface area contributed by atoms with Gasteiger partial charge < -0.3 is 13.4 Å². The van der Waals surface area contributed by atoms with E-state index in [1.807, 2.05) is 55.8 Å². The number of halogens is 1. The average Bonchev–Trinajstić information content (AvgIpc) is 3.33. The molecule has 0 aliphatic rings. The first-order chi connectivity index (χ1) is 13.0. The maximum Gasteiger partial charge on any atom is 0.251 e. The van der Waals surface area contributed by atoms with Crippen molar-refractivity contribution in [2.75, 3.05) is 0 Å². The molecule has 0 aliphatic heterocycles. The fraction of sp³-hybridized carbons (Fsp3) is 0.222. The molecule has 0 bridgehead atoms. The van der Waals surface area contributed by atoms with Crippen LogP contribution in [0.2, 0.25) is 5.02 Å². The number of nitrogens with zero attached hydrogens (tertiary/aromatic N) is 5. The van der Waals surface area contributed by atoms with Crippen LogP contribution in [0.1, 0.15) is 17.4 Å². The van der Waals surface area contributed by atoms with Gasteiger partial charge in [-0.05, 0) is 44.2 Å². The highest BCUT2D eigenvalue weighted by Crippen LogP contribution is 2.28. The summed E-state index contributed by atoms with van der Waals surface area (Å²) in [4.78, 5) is 0. The van der Waals surface area contributed by atoms with Crippen molar-refractivity contribution >= 4 is 23.4 Å². The van der Waals surface area contributed by atoms with Gasteiger partial charge in [0.2, 0.25) is 5.89 Å². The van der Waals surface area contributed by atoms with Gasteiger partial charge >= 0.3 is 0 Å². The molecule has 3 heterocycles. The van der Waals surface area contributed by atoms with Crippen LogP contribution in [-0.4, -0.2) is 25.0 Å². The van der Waals surface area contributed by atoms with Gasteiger partial charge in [0.25, 0.3) is 5.89 Å². The Hall–Kier alpha value is -2.58. The first-order valence-corrected chi connectivity index (χ1v) is 9.55. The first-order valence-electron chi connectivity index (χ1n) is 8.19. The molecule has 4 aromatic rings. The molecular weight excluding hydrogens is 386 g/mol. The summed E-state index contributed by atoms with van der Waals surface area (Å²) in [6.45, 7) is 3.76. The van der Waals surface area contributed by atoms with E-state index in [2.05, 4.69) is 20.4 Å². The fourth-order valence-corrected chi connectivity index (χ4v) is 3.56. The highest BCUT2D eigenvalue weighted by molar-refractivity contribution is 7.98. The van der Waals surface area contributed by atoms with Crippen molar-refractivity contribution in [2.24, 2.45) is 7.05 Å². The molecule has 0 saturated carbocycles. The lowest BCUT2D eigenvalue weighted by atomic mass is 10.2. The fourth-order valence-electron chi connectivity index (χ4n) is 2.68. The summed E-state index contributed by atoms with van der Waals surface area (Å²) in [6.07, 6.45) is 0. The molecular formula is C18H16ClN5O2S. The second-order valence-corrected chi connectivity index (χ2v) is 7.37. The van der Waals surface area contributed by atoms with Crippen molar-refractivity contribution in [2.45, 2.75) is 24.8 Å². The molecule has 0 radical (unpaired) electrons. The van der Waals surface area contributed by atoms with E-state index in [9.17, 15) is 0 Å². The van der Waals surface area contributed by atoms with Gasteiger partial charge in [0.15, 0.2) is 11.0 Å². The minimum Gasteiger partial charge on any atom is -0.466 e. The van der Waals surface area contributed by atoms with Crippen LogP contribution in [0.4, 0.5) is 0 Å². The van der Waals surface area contributed by atoms with Crippen LogP contribution in [0.25, 0.3) is 22.8 Å². The monoisotopic (exact) mass is 401 g/mol. The Bertz CT molecular complexity index is 1080. The van der Waals surface area contributed by atoms with Crippen LogP contribution >= 0.6 is 23.4 Å². The van der Waals surface area contributed by atoms with Crippen molar-refractivity contribution in [1.29, 1.82) is 0 Å². The van der Waals surface area contributed by atoms with E-state index in [-0.39, 0.29) is 0 Å². The molecule has 4 rings (SSSR count). The summed E-state index contributed by atoms with van der Waals surface area (Å²) in [5, 5.41) is 18.2. The molecule has 138 valence electrons. The van der Waals surface area contributed by atoms with E-state index in [1.165, 1.54) is 11.8 Å². The Balaban J connectivity index is 1.48. The Labute approximate surface area is 164 Å². The topological polar surface area (TPSA) is 82.8 Å². The maximum atomic E-state index is 5.94. The molecule has 9 heteroatoms. The molecule has 7 nitrogen and oxygen atoms in total. The number of thioether (sulfide) groups is 1. The highest BCUT2D eigenvalue weighted by Gasteiger charge is 2.16. The molecule has 27 heavy (non-hydrogen) atoms. The zero-order valence-electron chi connectivity index (χ0n) is 14.9. The third kappa shape index (κ3) is 3.63. The van der Waals surface area contributed by atoms with Crippen molar-refractivity contribution in [3.63, 3.8) is 0 Å². The van der Waals surface area contributed by atoms with Gasteiger partial charge in [0, 0.05) is 17.6 Å². The second-order valence-electron chi connectivity index (χ2n) is 5.99. The second kappa shape index (κ2) is 7.21. The molecule has 0 N–H and O–H groups in total. The van der Waals surface area contributed by atoms with Crippen molar-refractivity contribution in [1.82, 2.24) is 25.0 Å². The lowest BCUT2D eigenvalue weighted by Crippen LogP contribution is -1.95. The van der Waals surface area contributed by atoms with Crippen LogP contribution < -0.4 is 0 Å². The van der Waals surface area contributed by atoms with Gasteiger partial charge in [-0.25, -0.2) is 0 Å². The molecule has 0 amide bonds. The highest BCUT2D eigenvalue weighted by atomic mass is 35.5. The quantitative estimate of drug-likeness (QED) is 0.448. The summed E-state index contributed by atoms with van der Waals surface area (Å²) in [7, 11) is 1.92.